The second kappa shape index (κ2) is 9.99. The number of nitrogens with one attached hydrogen (secondary N) is 2. The molecule has 1 atom stereocenters. The van der Waals surface area contributed by atoms with Gasteiger partial charge in [0.05, 0.1) is 18.1 Å². The van der Waals surface area contributed by atoms with Gasteiger partial charge in [-0.3, -0.25) is 18.9 Å². The molecule has 1 unspecified atom stereocenters. The lowest BCUT2D eigenvalue weighted by atomic mass is 10.0. The Bertz CT molecular complexity index is 1530. The fraction of sp³-hybridized carbons (Fsp3) is 0.320. The molecule has 0 amide bonds. The highest BCUT2D eigenvalue weighted by Crippen LogP contribution is 2.30. The molecule has 0 fully saturated rings. The van der Waals surface area contributed by atoms with Gasteiger partial charge in [0, 0.05) is 48.1 Å². The van der Waals surface area contributed by atoms with E-state index in [1.807, 2.05) is 31.3 Å². The number of benzene rings is 1. The molecule has 0 bridgehead atoms. The van der Waals surface area contributed by atoms with E-state index in [1.165, 1.54) is 23.2 Å². The smallest absolute Gasteiger partial charge is 0.330 e. The number of fused-ring (bicyclic) bond motifs is 1. The molecule has 35 heavy (non-hydrogen) atoms. The Morgan fingerprint density at radius 1 is 1.11 bits per heavy atom. The van der Waals surface area contributed by atoms with E-state index >= 15 is 0 Å². The summed E-state index contributed by atoms with van der Waals surface area (Å²) in [4.78, 5) is 38.3. The van der Waals surface area contributed by atoms with Crippen molar-refractivity contribution in [2.75, 3.05) is 10.6 Å². The second-order valence-corrected chi connectivity index (χ2v) is 9.45. The topological polar surface area (TPSA) is 107 Å². The summed E-state index contributed by atoms with van der Waals surface area (Å²) < 4.78 is 3.45. The van der Waals surface area contributed by atoms with Gasteiger partial charge in [-0.25, -0.2) is 9.78 Å². The molecule has 0 aliphatic rings. The molecule has 0 aliphatic heterocycles. The number of nitrogens with zero attached hydrogens (tertiary/aromatic N) is 5. The normalized spacial score (nSPS) is 12.1. The van der Waals surface area contributed by atoms with Crippen molar-refractivity contribution >= 4 is 38.6 Å². The lowest BCUT2D eigenvalue weighted by Gasteiger charge is -2.19. The van der Waals surface area contributed by atoms with Crippen LogP contribution in [-0.2, 0) is 27.1 Å². The molecular formula is C25H28BrN7O2. The van der Waals surface area contributed by atoms with Crippen molar-refractivity contribution in [3.05, 3.63) is 84.4 Å². The van der Waals surface area contributed by atoms with Crippen LogP contribution < -0.4 is 21.9 Å². The first kappa shape index (κ1) is 24.6. The molecule has 3 aromatic heterocycles. The molecule has 1 aromatic carbocycles. The van der Waals surface area contributed by atoms with Gasteiger partial charge in [0.1, 0.15) is 5.82 Å². The maximum Gasteiger partial charge on any atom is 0.330 e. The monoisotopic (exact) mass is 537 g/mol. The van der Waals surface area contributed by atoms with Crippen LogP contribution in [0.1, 0.15) is 42.3 Å². The third-order valence-corrected chi connectivity index (χ3v) is 6.61. The van der Waals surface area contributed by atoms with Gasteiger partial charge >= 0.3 is 5.69 Å². The Morgan fingerprint density at radius 3 is 2.63 bits per heavy atom. The Kier molecular flexibility index (Phi) is 7.02. The average molecular weight is 538 g/mol. The molecule has 0 saturated carbocycles. The van der Waals surface area contributed by atoms with Gasteiger partial charge in [0.25, 0.3) is 5.56 Å². The van der Waals surface area contributed by atoms with Crippen LogP contribution in [0.15, 0.2) is 50.7 Å². The second-order valence-electron chi connectivity index (χ2n) is 8.54. The molecule has 3 heterocycles. The Morgan fingerprint density at radius 2 is 1.89 bits per heavy atom. The van der Waals surface area contributed by atoms with Crippen molar-refractivity contribution in [1.29, 1.82) is 0 Å². The summed E-state index contributed by atoms with van der Waals surface area (Å²) in [6, 6.07) is 7.39. The molecule has 4 aromatic rings. The molecule has 0 spiro atoms. The van der Waals surface area contributed by atoms with Crippen LogP contribution in [0.4, 0.5) is 11.8 Å². The number of anilines is 2. The number of aryl methyl sites for hydroxylation is 2. The fourth-order valence-corrected chi connectivity index (χ4v) is 4.68. The van der Waals surface area contributed by atoms with Gasteiger partial charge in [-0.05, 0) is 55.2 Å². The summed E-state index contributed by atoms with van der Waals surface area (Å²) in [5.74, 6) is 1.09. The van der Waals surface area contributed by atoms with E-state index in [4.69, 9.17) is 9.97 Å². The van der Waals surface area contributed by atoms with Crippen LogP contribution in [-0.4, -0.2) is 24.1 Å². The zero-order chi connectivity index (χ0) is 25.3. The number of pyridine rings is 1. The van der Waals surface area contributed by atoms with E-state index in [9.17, 15) is 9.59 Å². The van der Waals surface area contributed by atoms with Crippen molar-refractivity contribution in [3.63, 3.8) is 0 Å². The minimum atomic E-state index is -0.374. The maximum atomic E-state index is 12.3. The molecule has 182 valence electrons. The Labute approximate surface area is 211 Å². The highest BCUT2D eigenvalue weighted by Gasteiger charge is 2.16. The first-order valence-corrected chi connectivity index (χ1v) is 12.2. The highest BCUT2D eigenvalue weighted by atomic mass is 79.9. The molecule has 9 nitrogen and oxygen atoms in total. The summed E-state index contributed by atoms with van der Waals surface area (Å²) in [5.41, 5.74) is 3.95. The summed E-state index contributed by atoms with van der Waals surface area (Å²) >= 11 is 3.56. The molecule has 0 saturated heterocycles. The number of halogens is 1. The molecule has 10 heteroatoms. The standard InChI is InChI=1S/C25H28BrN7O2/c1-6-16-12-27-8-7-19(16)15(3)29-24-30-22-14(2)9-17(26)10-20(22)23(31-24)28-13-18-11-21(34)33(5)25(35)32(18)4/h7-12,15H,6,13H2,1-5H3,(H2,28,29,30,31). The van der Waals surface area contributed by atoms with Crippen LogP contribution in [0.2, 0.25) is 0 Å². The lowest BCUT2D eigenvalue weighted by Crippen LogP contribution is -2.38. The van der Waals surface area contributed by atoms with Crippen molar-refractivity contribution in [1.82, 2.24) is 24.1 Å². The summed E-state index contributed by atoms with van der Waals surface area (Å²) in [6.45, 7) is 6.42. The van der Waals surface area contributed by atoms with Gasteiger partial charge in [0.2, 0.25) is 5.95 Å². The summed E-state index contributed by atoms with van der Waals surface area (Å²) in [7, 11) is 3.11. The third-order valence-electron chi connectivity index (χ3n) is 6.15. The van der Waals surface area contributed by atoms with E-state index in [0.717, 1.165) is 37.5 Å². The van der Waals surface area contributed by atoms with Crippen LogP contribution in [0, 0.1) is 6.92 Å². The fourth-order valence-electron chi connectivity index (χ4n) is 4.11. The number of aromatic nitrogens is 5. The SMILES string of the molecule is CCc1cnccc1C(C)Nc1nc(NCc2cc(=O)n(C)c(=O)n2C)c2cc(Br)cc(C)c2n1. The zero-order valence-electron chi connectivity index (χ0n) is 20.4. The largest absolute Gasteiger partial charge is 0.364 e. The number of hydrogen-bond acceptors (Lipinski definition) is 7. The molecule has 0 radical (unpaired) electrons. The molecule has 4 rings (SSSR count). The average Bonchev–Trinajstić information content (AvgIpc) is 2.84. The quantitative estimate of drug-likeness (QED) is 0.368. The summed E-state index contributed by atoms with van der Waals surface area (Å²) in [5, 5.41) is 7.59. The van der Waals surface area contributed by atoms with Crippen molar-refractivity contribution in [3.8, 4) is 0 Å². The molecule has 0 aliphatic carbocycles. The van der Waals surface area contributed by atoms with E-state index in [2.05, 4.69) is 45.4 Å². The zero-order valence-corrected chi connectivity index (χ0v) is 22.0. The van der Waals surface area contributed by atoms with Gasteiger partial charge in [-0.2, -0.15) is 4.98 Å². The van der Waals surface area contributed by atoms with Crippen LogP contribution in [0.3, 0.4) is 0 Å². The molecule has 2 N–H and O–H groups in total. The minimum absolute atomic E-state index is 0.0352. The third kappa shape index (κ3) is 4.97. The van der Waals surface area contributed by atoms with Gasteiger partial charge in [0.15, 0.2) is 0 Å². The van der Waals surface area contributed by atoms with E-state index in [0.29, 0.717) is 17.5 Å². The van der Waals surface area contributed by atoms with Crippen molar-refractivity contribution < 1.29 is 0 Å². The Balaban J connectivity index is 1.74. The lowest BCUT2D eigenvalue weighted by molar-refractivity contribution is 0.655. The number of hydrogen-bond donors (Lipinski definition) is 2. The number of rotatable bonds is 7. The highest BCUT2D eigenvalue weighted by molar-refractivity contribution is 9.10. The molecular weight excluding hydrogens is 510 g/mol. The first-order chi connectivity index (χ1) is 16.7. The van der Waals surface area contributed by atoms with Gasteiger partial charge in [-0.1, -0.05) is 22.9 Å². The first-order valence-electron chi connectivity index (χ1n) is 11.4. The van der Waals surface area contributed by atoms with E-state index in [1.54, 1.807) is 13.2 Å². The predicted molar refractivity (Wildman–Crippen MR) is 142 cm³/mol. The van der Waals surface area contributed by atoms with Gasteiger partial charge in [-0.15, -0.1) is 0 Å². The maximum absolute atomic E-state index is 12.3. The van der Waals surface area contributed by atoms with Gasteiger partial charge < -0.3 is 10.6 Å². The van der Waals surface area contributed by atoms with E-state index < -0.39 is 0 Å². The van der Waals surface area contributed by atoms with Crippen molar-refractivity contribution in [2.24, 2.45) is 14.1 Å². The van der Waals surface area contributed by atoms with Crippen molar-refractivity contribution in [2.45, 2.75) is 39.8 Å². The summed E-state index contributed by atoms with van der Waals surface area (Å²) in [6.07, 6.45) is 4.55. The van der Waals surface area contributed by atoms with Crippen LogP contribution in [0.5, 0.6) is 0 Å². The van der Waals surface area contributed by atoms with Crippen LogP contribution in [0.25, 0.3) is 10.9 Å². The van der Waals surface area contributed by atoms with Crippen LogP contribution >= 0.6 is 15.9 Å². The Hall–Kier alpha value is -3.53. The van der Waals surface area contributed by atoms with E-state index in [-0.39, 0.29) is 23.8 Å². The minimum Gasteiger partial charge on any atom is -0.364 e. The predicted octanol–water partition coefficient (Wildman–Crippen LogP) is 3.84.